The number of para-hydroxylation sites is 1. The van der Waals surface area contributed by atoms with Gasteiger partial charge < -0.3 is 9.64 Å². The Labute approximate surface area is 181 Å². The molecule has 3 aromatic rings. The quantitative estimate of drug-likeness (QED) is 0.546. The molecule has 1 aromatic heterocycles. The number of aromatic nitrogens is 2. The van der Waals surface area contributed by atoms with Crippen molar-refractivity contribution in [3.8, 4) is 11.4 Å². The minimum absolute atomic E-state index is 0.0696. The second kappa shape index (κ2) is 9.82. The van der Waals surface area contributed by atoms with Crippen molar-refractivity contribution < 1.29 is 9.53 Å². The topological polar surface area (TPSA) is 50.6 Å². The number of carbonyl (C=O) groups is 1. The minimum Gasteiger partial charge on any atom is -0.493 e. The average molecular weight is 423 g/mol. The first-order valence-electron chi connectivity index (χ1n) is 10.1. The molecular formula is C23H26N4O2S. The van der Waals surface area contributed by atoms with Gasteiger partial charge in [0.05, 0.1) is 19.0 Å². The molecule has 0 atom stereocenters. The van der Waals surface area contributed by atoms with E-state index >= 15 is 0 Å². The van der Waals surface area contributed by atoms with Gasteiger partial charge in [-0.15, -0.1) is 11.8 Å². The molecule has 156 valence electrons. The number of amides is 1. The van der Waals surface area contributed by atoms with E-state index in [2.05, 4.69) is 34.3 Å². The summed E-state index contributed by atoms with van der Waals surface area (Å²) in [5.41, 5.74) is 1.27. The van der Waals surface area contributed by atoms with Gasteiger partial charge in [-0.2, -0.15) is 5.10 Å². The van der Waals surface area contributed by atoms with Gasteiger partial charge in [0.2, 0.25) is 0 Å². The third kappa shape index (κ3) is 4.86. The number of carbonyl (C=O) groups excluding carboxylic acids is 1. The Bertz CT molecular complexity index is 954. The Morgan fingerprint density at radius 2 is 1.67 bits per heavy atom. The molecule has 0 spiro atoms. The second-order valence-electron chi connectivity index (χ2n) is 7.12. The van der Waals surface area contributed by atoms with Gasteiger partial charge in [-0.05, 0) is 24.3 Å². The fourth-order valence-corrected chi connectivity index (χ4v) is 4.44. The zero-order valence-corrected chi connectivity index (χ0v) is 17.9. The van der Waals surface area contributed by atoms with Gasteiger partial charge in [0, 0.05) is 43.4 Å². The minimum atomic E-state index is -0.0696. The predicted octanol–water partition coefficient (Wildman–Crippen LogP) is 3.43. The van der Waals surface area contributed by atoms with Crippen LogP contribution in [0.2, 0.25) is 0 Å². The summed E-state index contributed by atoms with van der Waals surface area (Å²) in [4.78, 5) is 18.7. The highest BCUT2D eigenvalue weighted by molar-refractivity contribution is 7.99. The molecule has 0 radical (unpaired) electrons. The lowest BCUT2D eigenvalue weighted by atomic mass is 10.2. The molecule has 4 rings (SSSR count). The number of nitrogens with zero attached hydrogens (tertiary/aromatic N) is 4. The van der Waals surface area contributed by atoms with E-state index in [-0.39, 0.29) is 5.91 Å². The van der Waals surface area contributed by atoms with E-state index in [0.717, 1.165) is 31.1 Å². The zero-order chi connectivity index (χ0) is 20.8. The highest BCUT2D eigenvalue weighted by Crippen LogP contribution is 2.22. The summed E-state index contributed by atoms with van der Waals surface area (Å²) in [6.45, 7) is 4.19. The van der Waals surface area contributed by atoms with Crippen LogP contribution in [0.25, 0.3) is 5.69 Å². The molecule has 7 heteroatoms. The monoisotopic (exact) mass is 422 g/mol. The third-order valence-electron chi connectivity index (χ3n) is 5.20. The van der Waals surface area contributed by atoms with Crippen LogP contribution in [0.4, 0.5) is 0 Å². The van der Waals surface area contributed by atoms with Crippen LogP contribution in [0.5, 0.6) is 5.75 Å². The third-order valence-corrected chi connectivity index (χ3v) is 6.20. The summed E-state index contributed by atoms with van der Waals surface area (Å²) in [5.74, 6) is 1.48. The molecule has 1 fully saturated rings. The average Bonchev–Trinajstić information content (AvgIpc) is 3.25. The predicted molar refractivity (Wildman–Crippen MR) is 120 cm³/mol. The Morgan fingerprint density at radius 1 is 1.00 bits per heavy atom. The molecule has 0 saturated carbocycles. The Morgan fingerprint density at radius 3 is 2.33 bits per heavy atom. The van der Waals surface area contributed by atoms with Crippen LogP contribution in [0.3, 0.4) is 0 Å². The molecule has 0 N–H and O–H groups in total. The van der Waals surface area contributed by atoms with Crippen molar-refractivity contribution in [2.45, 2.75) is 4.90 Å². The number of benzene rings is 2. The van der Waals surface area contributed by atoms with Gasteiger partial charge in [-0.1, -0.05) is 36.4 Å². The number of methoxy groups -OCH3 is 1. The van der Waals surface area contributed by atoms with Gasteiger partial charge in [0.25, 0.3) is 5.91 Å². The standard InChI is InChI=1S/C23H26N4O2S/c1-29-21-18-27(19-8-4-2-5-9-19)24-22(21)23(28)26-14-12-25(13-15-26)16-17-30-20-10-6-3-7-11-20/h2-11,18H,12-17H2,1H3. The van der Waals surface area contributed by atoms with Crippen molar-refractivity contribution in [3.63, 3.8) is 0 Å². The van der Waals surface area contributed by atoms with E-state index < -0.39 is 0 Å². The lowest BCUT2D eigenvalue weighted by Gasteiger charge is -2.34. The Balaban J connectivity index is 1.32. The number of rotatable bonds is 7. The maximum Gasteiger partial charge on any atom is 0.278 e. The van der Waals surface area contributed by atoms with E-state index in [1.54, 1.807) is 18.0 Å². The van der Waals surface area contributed by atoms with Crippen LogP contribution in [0, 0.1) is 0 Å². The molecule has 6 nitrogen and oxygen atoms in total. The van der Waals surface area contributed by atoms with Crippen molar-refractivity contribution >= 4 is 17.7 Å². The summed E-state index contributed by atoms with van der Waals surface area (Å²) in [6.07, 6.45) is 1.76. The number of hydrogen-bond donors (Lipinski definition) is 0. The van der Waals surface area contributed by atoms with E-state index in [1.807, 2.05) is 53.1 Å². The molecule has 0 unspecified atom stereocenters. The van der Waals surface area contributed by atoms with Gasteiger partial charge >= 0.3 is 0 Å². The van der Waals surface area contributed by atoms with Gasteiger partial charge in [-0.25, -0.2) is 4.68 Å². The van der Waals surface area contributed by atoms with Crippen LogP contribution >= 0.6 is 11.8 Å². The van der Waals surface area contributed by atoms with Gasteiger partial charge in [0.1, 0.15) is 0 Å². The summed E-state index contributed by atoms with van der Waals surface area (Å²) >= 11 is 1.87. The molecule has 1 aliphatic rings. The molecule has 30 heavy (non-hydrogen) atoms. The highest BCUT2D eigenvalue weighted by Gasteiger charge is 2.27. The normalized spacial score (nSPS) is 14.6. The first-order valence-corrected chi connectivity index (χ1v) is 11.1. The largest absolute Gasteiger partial charge is 0.493 e. The van der Waals surface area contributed by atoms with Crippen LogP contribution in [-0.2, 0) is 0 Å². The van der Waals surface area contributed by atoms with E-state index in [9.17, 15) is 4.79 Å². The van der Waals surface area contributed by atoms with Crippen molar-refractivity contribution in [1.82, 2.24) is 19.6 Å². The zero-order valence-electron chi connectivity index (χ0n) is 17.1. The van der Waals surface area contributed by atoms with Gasteiger partial charge in [0.15, 0.2) is 11.4 Å². The molecule has 0 aliphatic carbocycles. The SMILES string of the molecule is COc1cn(-c2ccccc2)nc1C(=O)N1CCN(CCSc2ccccc2)CC1. The summed E-state index contributed by atoms with van der Waals surface area (Å²) in [6, 6.07) is 20.2. The maximum absolute atomic E-state index is 13.1. The first-order chi connectivity index (χ1) is 14.7. The molecule has 0 bridgehead atoms. The number of ether oxygens (including phenoxy) is 1. The van der Waals surface area contributed by atoms with E-state index in [4.69, 9.17) is 4.74 Å². The maximum atomic E-state index is 13.1. The number of hydrogen-bond acceptors (Lipinski definition) is 5. The summed E-state index contributed by atoms with van der Waals surface area (Å²) < 4.78 is 7.13. The fourth-order valence-electron chi connectivity index (χ4n) is 3.50. The number of piperazine rings is 1. The Kier molecular flexibility index (Phi) is 6.71. The molecule has 1 saturated heterocycles. The molecule has 1 amide bonds. The van der Waals surface area contributed by atoms with E-state index in [1.165, 1.54) is 4.90 Å². The smallest absolute Gasteiger partial charge is 0.278 e. The molecule has 1 aliphatic heterocycles. The highest BCUT2D eigenvalue weighted by atomic mass is 32.2. The van der Waals surface area contributed by atoms with Crippen LogP contribution in [0.15, 0.2) is 71.8 Å². The van der Waals surface area contributed by atoms with Crippen molar-refractivity contribution in [2.24, 2.45) is 0 Å². The summed E-state index contributed by atoms with van der Waals surface area (Å²) in [7, 11) is 1.57. The Hall–Kier alpha value is -2.77. The van der Waals surface area contributed by atoms with Crippen LogP contribution in [-0.4, -0.2) is 71.1 Å². The van der Waals surface area contributed by atoms with Crippen molar-refractivity contribution in [2.75, 3.05) is 45.6 Å². The van der Waals surface area contributed by atoms with E-state index in [0.29, 0.717) is 24.5 Å². The van der Waals surface area contributed by atoms with Crippen LogP contribution < -0.4 is 4.74 Å². The van der Waals surface area contributed by atoms with Crippen molar-refractivity contribution in [3.05, 3.63) is 72.6 Å². The van der Waals surface area contributed by atoms with Gasteiger partial charge in [-0.3, -0.25) is 9.69 Å². The van der Waals surface area contributed by atoms with Crippen molar-refractivity contribution in [1.29, 1.82) is 0 Å². The fraction of sp³-hybridized carbons (Fsp3) is 0.304. The molecule has 2 heterocycles. The van der Waals surface area contributed by atoms with Crippen LogP contribution in [0.1, 0.15) is 10.5 Å². The summed E-state index contributed by atoms with van der Waals surface area (Å²) in [5, 5.41) is 4.51. The lowest BCUT2D eigenvalue weighted by molar-refractivity contribution is 0.0635. The first kappa shape index (κ1) is 20.5. The molecular weight excluding hydrogens is 396 g/mol. The number of thioether (sulfide) groups is 1. The lowest BCUT2D eigenvalue weighted by Crippen LogP contribution is -2.49. The molecule has 2 aromatic carbocycles. The second-order valence-corrected chi connectivity index (χ2v) is 8.29.